The first kappa shape index (κ1) is 22.0. The highest BCUT2D eigenvalue weighted by molar-refractivity contribution is 5.99. The van der Waals surface area contributed by atoms with Crippen molar-refractivity contribution in [2.75, 3.05) is 38.0 Å². The van der Waals surface area contributed by atoms with Crippen molar-refractivity contribution in [1.82, 2.24) is 15.0 Å². The number of aryl methyl sites for hydroxylation is 1. The lowest BCUT2D eigenvalue weighted by Gasteiger charge is -2.25. The smallest absolute Gasteiger partial charge is 0.254 e. The summed E-state index contributed by atoms with van der Waals surface area (Å²) in [7, 11) is 0. The van der Waals surface area contributed by atoms with Crippen LogP contribution in [0.5, 0.6) is 0 Å². The van der Waals surface area contributed by atoms with Crippen molar-refractivity contribution in [3.05, 3.63) is 47.7 Å². The maximum atomic E-state index is 13.2. The van der Waals surface area contributed by atoms with Gasteiger partial charge in [-0.3, -0.25) is 9.59 Å². The third-order valence-electron chi connectivity index (χ3n) is 5.48. The highest BCUT2D eigenvalue weighted by Gasteiger charge is 2.21. The summed E-state index contributed by atoms with van der Waals surface area (Å²) in [5.74, 6) is -0.0529. The lowest BCUT2D eigenvalue weighted by Crippen LogP contribution is -2.42. The number of benzene rings is 1. The number of nitrogens with one attached hydrogen (secondary N) is 1. The molecule has 2 amide bonds. The highest BCUT2D eigenvalue weighted by atomic mass is 16.5. The molecule has 1 aromatic carbocycles. The fourth-order valence-corrected chi connectivity index (χ4v) is 3.73. The molecule has 1 N–H and O–H groups in total. The van der Waals surface area contributed by atoms with Gasteiger partial charge in [0, 0.05) is 24.7 Å². The van der Waals surface area contributed by atoms with Gasteiger partial charge >= 0.3 is 0 Å². The molecule has 3 rings (SSSR count). The summed E-state index contributed by atoms with van der Waals surface area (Å²) in [6.45, 7) is 5.58. The molecule has 0 bridgehead atoms. The predicted octanol–water partition coefficient (Wildman–Crippen LogP) is 3.58. The Labute approximate surface area is 178 Å². The second kappa shape index (κ2) is 11.5. The Morgan fingerprint density at radius 1 is 1.13 bits per heavy atom. The van der Waals surface area contributed by atoms with Crippen LogP contribution < -0.4 is 5.32 Å². The number of amides is 2. The lowest BCUT2D eigenvalue weighted by atomic mass is 10.0. The largest absolute Gasteiger partial charge is 0.363 e. The first-order valence-corrected chi connectivity index (χ1v) is 11.0. The van der Waals surface area contributed by atoms with Crippen LogP contribution in [0.3, 0.4) is 0 Å². The Hall–Kier alpha value is -2.67. The molecule has 1 fully saturated rings. The van der Waals surface area contributed by atoms with Crippen LogP contribution >= 0.6 is 0 Å². The van der Waals surface area contributed by atoms with E-state index in [1.54, 1.807) is 11.0 Å². The van der Waals surface area contributed by atoms with E-state index in [9.17, 15) is 9.59 Å². The molecular weight excluding hydrogens is 380 g/mol. The van der Waals surface area contributed by atoms with Crippen molar-refractivity contribution in [3.63, 3.8) is 0 Å². The maximum absolute atomic E-state index is 13.2. The maximum Gasteiger partial charge on any atom is 0.254 e. The first-order valence-electron chi connectivity index (χ1n) is 11.0. The van der Waals surface area contributed by atoms with Crippen LogP contribution in [0.15, 0.2) is 41.1 Å². The van der Waals surface area contributed by atoms with Gasteiger partial charge in [0.1, 0.15) is 12.8 Å². The molecule has 7 nitrogen and oxygen atoms in total. The van der Waals surface area contributed by atoms with Gasteiger partial charge < -0.3 is 19.6 Å². The van der Waals surface area contributed by atoms with Crippen molar-refractivity contribution in [3.8, 4) is 0 Å². The molecular formula is C23H32N4O3. The summed E-state index contributed by atoms with van der Waals surface area (Å²) in [5.41, 5.74) is 1.86. The normalized spacial score (nSPS) is 14.0. The van der Waals surface area contributed by atoms with E-state index >= 15 is 0 Å². The first-order chi connectivity index (χ1) is 14.7. The summed E-state index contributed by atoms with van der Waals surface area (Å²) in [6.07, 6.45) is 8.38. The van der Waals surface area contributed by atoms with Gasteiger partial charge in [-0.15, -0.1) is 0 Å². The van der Waals surface area contributed by atoms with E-state index in [2.05, 4.69) is 22.3 Å². The molecule has 0 spiro atoms. The van der Waals surface area contributed by atoms with Crippen LogP contribution in [-0.2, 0) is 11.2 Å². The van der Waals surface area contributed by atoms with Gasteiger partial charge in [-0.25, -0.2) is 0 Å². The van der Waals surface area contributed by atoms with E-state index in [4.69, 9.17) is 4.52 Å². The van der Waals surface area contributed by atoms with Gasteiger partial charge in [0.25, 0.3) is 5.91 Å². The average molecular weight is 413 g/mol. The van der Waals surface area contributed by atoms with Crippen molar-refractivity contribution in [1.29, 1.82) is 0 Å². The average Bonchev–Trinajstić information content (AvgIpc) is 3.45. The van der Waals surface area contributed by atoms with Crippen molar-refractivity contribution < 1.29 is 14.1 Å². The van der Waals surface area contributed by atoms with Crippen molar-refractivity contribution in [2.24, 2.45) is 0 Å². The van der Waals surface area contributed by atoms with Gasteiger partial charge in [-0.1, -0.05) is 37.1 Å². The number of rotatable bonds is 11. The van der Waals surface area contributed by atoms with Crippen LogP contribution in [0.4, 0.5) is 5.82 Å². The summed E-state index contributed by atoms with van der Waals surface area (Å²) in [5, 5.41) is 6.37. The third kappa shape index (κ3) is 6.69. The standard InChI is InChI=1S/C23H32N4O3/c1-2-3-4-7-19-8-10-20(11-9-19)23(29)27(16-15-26-13-5-6-14-26)18-22(28)24-21-12-17-30-25-21/h8-12,17H,2-7,13-16,18H2,1H3,(H,24,25,28). The lowest BCUT2D eigenvalue weighted by molar-refractivity contribution is -0.117. The second-order valence-corrected chi connectivity index (χ2v) is 7.86. The Morgan fingerprint density at radius 3 is 2.57 bits per heavy atom. The summed E-state index contributed by atoms with van der Waals surface area (Å²) in [6, 6.07) is 9.38. The van der Waals surface area contributed by atoms with E-state index in [-0.39, 0.29) is 18.4 Å². The van der Waals surface area contributed by atoms with Crippen LogP contribution in [0.25, 0.3) is 0 Å². The molecule has 0 atom stereocenters. The van der Waals surface area contributed by atoms with E-state index < -0.39 is 0 Å². The molecule has 0 radical (unpaired) electrons. The molecule has 0 aliphatic carbocycles. The van der Waals surface area contributed by atoms with Crippen LogP contribution in [0.1, 0.15) is 54.9 Å². The summed E-state index contributed by atoms with van der Waals surface area (Å²) in [4.78, 5) is 29.6. The van der Waals surface area contributed by atoms with Gasteiger partial charge in [-0.05, 0) is 56.5 Å². The van der Waals surface area contributed by atoms with E-state index in [0.717, 1.165) is 32.5 Å². The predicted molar refractivity (Wildman–Crippen MR) is 116 cm³/mol. The fraction of sp³-hybridized carbons (Fsp3) is 0.522. The number of likely N-dealkylation sites (tertiary alicyclic amines) is 1. The molecule has 1 saturated heterocycles. The molecule has 30 heavy (non-hydrogen) atoms. The minimum Gasteiger partial charge on any atom is -0.363 e. The molecule has 7 heteroatoms. The minimum atomic E-state index is -0.283. The van der Waals surface area contributed by atoms with Crippen LogP contribution in [0, 0.1) is 0 Å². The highest BCUT2D eigenvalue weighted by Crippen LogP contribution is 2.13. The third-order valence-corrected chi connectivity index (χ3v) is 5.48. The van der Waals surface area contributed by atoms with E-state index in [1.165, 1.54) is 37.5 Å². The molecule has 0 unspecified atom stereocenters. The number of carbonyl (C=O) groups excluding carboxylic acids is 2. The topological polar surface area (TPSA) is 78.7 Å². The second-order valence-electron chi connectivity index (χ2n) is 7.86. The number of unbranched alkanes of at least 4 members (excludes halogenated alkanes) is 2. The Kier molecular flexibility index (Phi) is 8.44. The summed E-state index contributed by atoms with van der Waals surface area (Å²) >= 11 is 0. The fourth-order valence-electron chi connectivity index (χ4n) is 3.73. The Balaban J connectivity index is 1.62. The number of hydrogen-bond acceptors (Lipinski definition) is 5. The number of nitrogens with zero attached hydrogens (tertiary/aromatic N) is 3. The van der Waals surface area contributed by atoms with Crippen molar-refractivity contribution in [2.45, 2.75) is 45.4 Å². The quantitative estimate of drug-likeness (QED) is 0.571. The molecule has 1 aromatic heterocycles. The van der Waals surface area contributed by atoms with Gasteiger partial charge in [-0.2, -0.15) is 0 Å². The van der Waals surface area contributed by atoms with Gasteiger partial charge in [0.2, 0.25) is 5.91 Å². The monoisotopic (exact) mass is 412 g/mol. The van der Waals surface area contributed by atoms with Gasteiger partial charge in [0.05, 0.1) is 0 Å². The molecule has 1 aliphatic heterocycles. The van der Waals surface area contributed by atoms with Gasteiger partial charge in [0.15, 0.2) is 5.82 Å². The van der Waals surface area contributed by atoms with E-state index in [1.807, 2.05) is 24.3 Å². The number of carbonyl (C=O) groups is 2. The zero-order chi connectivity index (χ0) is 21.2. The molecule has 2 heterocycles. The van der Waals surface area contributed by atoms with Crippen LogP contribution in [0.2, 0.25) is 0 Å². The zero-order valence-corrected chi connectivity index (χ0v) is 17.8. The molecule has 162 valence electrons. The Morgan fingerprint density at radius 2 is 1.90 bits per heavy atom. The summed E-state index contributed by atoms with van der Waals surface area (Å²) < 4.78 is 4.75. The molecule has 0 saturated carbocycles. The van der Waals surface area contributed by atoms with Crippen molar-refractivity contribution >= 4 is 17.6 Å². The number of hydrogen-bond donors (Lipinski definition) is 1. The SMILES string of the molecule is CCCCCc1ccc(C(=O)N(CCN2CCCC2)CC(=O)Nc2ccon2)cc1. The molecule has 2 aromatic rings. The number of aromatic nitrogens is 1. The minimum absolute atomic E-state index is 0.0161. The Bertz CT molecular complexity index is 783. The van der Waals surface area contributed by atoms with E-state index in [0.29, 0.717) is 17.9 Å². The zero-order valence-electron chi connectivity index (χ0n) is 17.8. The van der Waals surface area contributed by atoms with Crippen LogP contribution in [-0.4, -0.2) is 59.5 Å². The molecule has 1 aliphatic rings. The number of anilines is 1.